The van der Waals surface area contributed by atoms with E-state index < -0.39 is 0 Å². The molecule has 0 aliphatic carbocycles. The maximum absolute atomic E-state index is 13.2. The minimum Gasteiger partial charge on any atom is -0.289 e. The molecule has 0 aliphatic rings. The summed E-state index contributed by atoms with van der Waals surface area (Å²) in [5.41, 5.74) is 6.57. The highest BCUT2D eigenvalue weighted by Crippen LogP contribution is 2.34. The molecular formula is C20H23O2P. The largest absolute Gasteiger partial charge is 0.289 e. The van der Waals surface area contributed by atoms with Crippen LogP contribution in [0.15, 0.2) is 30.3 Å². The molecule has 0 heterocycles. The fourth-order valence-corrected chi connectivity index (χ4v) is 3.60. The number of carbonyl (C=O) groups is 1. The maximum Gasteiger partial charge on any atom is 0.193 e. The third kappa shape index (κ3) is 3.28. The minimum atomic E-state index is -0.137. The summed E-state index contributed by atoms with van der Waals surface area (Å²) in [6, 6.07) is 9.61. The van der Waals surface area contributed by atoms with Gasteiger partial charge in [0.05, 0.1) is 5.66 Å². The number of carbonyl (C=O) groups excluding carboxylic acids is 1. The average molecular weight is 326 g/mol. The smallest absolute Gasteiger partial charge is 0.193 e. The number of hydrogen-bond donors (Lipinski definition) is 0. The maximum atomic E-state index is 13.2. The Bertz CT molecular complexity index is 762. The summed E-state index contributed by atoms with van der Waals surface area (Å²) >= 11 is 0. The second-order valence-electron chi connectivity index (χ2n) is 6.08. The molecule has 23 heavy (non-hydrogen) atoms. The first-order valence-corrected chi connectivity index (χ1v) is 8.84. The molecule has 2 rings (SSSR count). The van der Waals surface area contributed by atoms with Crippen molar-refractivity contribution in [3.63, 3.8) is 0 Å². The van der Waals surface area contributed by atoms with E-state index in [0.717, 1.165) is 34.2 Å². The Morgan fingerprint density at radius 3 is 2.30 bits per heavy atom. The summed E-state index contributed by atoms with van der Waals surface area (Å²) in [6.07, 6.45) is 0.736. The number of benzene rings is 2. The average Bonchev–Trinajstić information content (AvgIpc) is 2.54. The molecule has 0 amide bonds. The van der Waals surface area contributed by atoms with E-state index in [4.69, 9.17) is 0 Å². The second-order valence-corrected chi connectivity index (χ2v) is 6.92. The van der Waals surface area contributed by atoms with Gasteiger partial charge in [0.2, 0.25) is 0 Å². The van der Waals surface area contributed by atoms with Crippen LogP contribution in [0.5, 0.6) is 0 Å². The number of hydrogen-bond acceptors (Lipinski definition) is 2. The van der Waals surface area contributed by atoms with Crippen LogP contribution in [0.1, 0.15) is 62.7 Å². The summed E-state index contributed by atoms with van der Waals surface area (Å²) < 4.78 is 11.5. The van der Waals surface area contributed by atoms with Crippen molar-refractivity contribution in [2.75, 3.05) is 0 Å². The molecule has 0 saturated carbocycles. The lowest BCUT2D eigenvalue weighted by Gasteiger charge is -2.17. The molecule has 1 unspecified atom stereocenters. The molecule has 1 atom stereocenters. The SMILES string of the molecule is CCC(P=O)c1ccccc1C(=O)c1c(C)cc(C)c(C)c1C. The van der Waals surface area contributed by atoms with Crippen molar-refractivity contribution in [2.45, 2.75) is 46.7 Å². The lowest BCUT2D eigenvalue weighted by atomic mass is 9.87. The summed E-state index contributed by atoms with van der Waals surface area (Å²) in [5.74, 6) is 0.0285. The van der Waals surface area contributed by atoms with E-state index in [9.17, 15) is 9.36 Å². The zero-order valence-corrected chi connectivity index (χ0v) is 15.3. The Labute approximate surface area is 140 Å². The van der Waals surface area contributed by atoms with Crippen molar-refractivity contribution < 1.29 is 9.36 Å². The standard InChI is InChI=1S/C20H23O2P/c1-6-18(23-22)16-9-7-8-10-17(16)20(21)19-13(3)11-12(2)14(4)15(19)5/h7-11,18H,6H2,1-5H3. The van der Waals surface area contributed by atoms with Crippen molar-refractivity contribution in [1.29, 1.82) is 0 Å². The second kappa shape index (κ2) is 7.19. The molecule has 0 fully saturated rings. The normalized spacial score (nSPS) is 12.4. The number of rotatable bonds is 5. The van der Waals surface area contributed by atoms with Gasteiger partial charge in [0.1, 0.15) is 0 Å². The van der Waals surface area contributed by atoms with Gasteiger partial charge < -0.3 is 0 Å². The Kier molecular flexibility index (Phi) is 5.49. The quantitative estimate of drug-likeness (QED) is 0.507. The Balaban J connectivity index is 2.64. The first-order chi connectivity index (χ1) is 10.9. The zero-order valence-electron chi connectivity index (χ0n) is 14.4. The fourth-order valence-electron chi connectivity index (χ4n) is 3.11. The third-order valence-electron chi connectivity index (χ3n) is 4.66. The monoisotopic (exact) mass is 326 g/mol. The van der Waals surface area contributed by atoms with Crippen LogP contribution in [-0.4, -0.2) is 5.78 Å². The van der Waals surface area contributed by atoms with E-state index in [2.05, 4.69) is 19.9 Å². The zero-order chi connectivity index (χ0) is 17.1. The summed E-state index contributed by atoms with van der Waals surface area (Å²) in [6.45, 7) is 10.1. The van der Waals surface area contributed by atoms with E-state index in [-0.39, 0.29) is 19.9 Å². The first kappa shape index (κ1) is 17.6. The van der Waals surface area contributed by atoms with Crippen LogP contribution >= 0.6 is 8.46 Å². The van der Waals surface area contributed by atoms with Gasteiger partial charge in [-0.1, -0.05) is 37.3 Å². The van der Waals surface area contributed by atoms with Crippen LogP contribution < -0.4 is 0 Å². The van der Waals surface area contributed by atoms with Crippen molar-refractivity contribution in [3.05, 3.63) is 69.3 Å². The van der Waals surface area contributed by atoms with Gasteiger partial charge in [-0.05, 0) is 61.9 Å². The predicted octanol–water partition coefficient (Wildman–Crippen LogP) is 5.89. The van der Waals surface area contributed by atoms with E-state index in [1.54, 1.807) is 0 Å². The molecule has 0 bridgehead atoms. The highest BCUT2D eigenvalue weighted by molar-refractivity contribution is 7.24. The van der Waals surface area contributed by atoms with Crippen LogP contribution in [0.3, 0.4) is 0 Å². The van der Waals surface area contributed by atoms with Crippen molar-refractivity contribution in [3.8, 4) is 0 Å². The van der Waals surface area contributed by atoms with Crippen molar-refractivity contribution >= 4 is 14.2 Å². The first-order valence-electron chi connectivity index (χ1n) is 7.95. The number of ketones is 1. The van der Waals surface area contributed by atoms with Crippen LogP contribution in [-0.2, 0) is 4.57 Å². The van der Waals surface area contributed by atoms with Crippen LogP contribution in [0.25, 0.3) is 0 Å². The predicted molar refractivity (Wildman–Crippen MR) is 95.9 cm³/mol. The molecule has 120 valence electrons. The van der Waals surface area contributed by atoms with Gasteiger partial charge in [0.15, 0.2) is 14.2 Å². The van der Waals surface area contributed by atoms with Gasteiger partial charge in [-0.3, -0.25) is 9.36 Å². The molecule has 0 N–H and O–H groups in total. The van der Waals surface area contributed by atoms with Crippen molar-refractivity contribution in [1.82, 2.24) is 0 Å². The van der Waals surface area contributed by atoms with E-state index in [1.165, 1.54) is 5.56 Å². The highest BCUT2D eigenvalue weighted by Gasteiger charge is 2.22. The van der Waals surface area contributed by atoms with Crippen LogP contribution in [0, 0.1) is 27.7 Å². The fraction of sp³-hybridized carbons (Fsp3) is 0.350. The molecule has 0 radical (unpaired) electrons. The Morgan fingerprint density at radius 2 is 1.70 bits per heavy atom. The van der Waals surface area contributed by atoms with E-state index >= 15 is 0 Å². The third-order valence-corrected chi connectivity index (χ3v) is 5.56. The summed E-state index contributed by atoms with van der Waals surface area (Å²) in [7, 11) is 0.0613. The molecule has 2 aromatic carbocycles. The van der Waals surface area contributed by atoms with E-state index in [1.807, 2.05) is 45.0 Å². The van der Waals surface area contributed by atoms with Gasteiger partial charge >= 0.3 is 0 Å². The molecule has 0 aromatic heterocycles. The highest BCUT2D eigenvalue weighted by atomic mass is 31.1. The molecule has 0 saturated heterocycles. The lowest BCUT2D eigenvalue weighted by Crippen LogP contribution is -2.11. The van der Waals surface area contributed by atoms with Crippen molar-refractivity contribution in [2.24, 2.45) is 0 Å². The summed E-state index contributed by atoms with van der Waals surface area (Å²) in [5, 5.41) is 0. The van der Waals surface area contributed by atoms with Gasteiger partial charge in [-0.15, -0.1) is 0 Å². The lowest BCUT2D eigenvalue weighted by molar-refractivity contribution is 0.103. The molecule has 2 nitrogen and oxygen atoms in total. The summed E-state index contributed by atoms with van der Waals surface area (Å²) in [4.78, 5) is 13.2. The minimum absolute atomic E-state index is 0.0285. The molecule has 2 aromatic rings. The molecular weight excluding hydrogens is 303 g/mol. The molecule has 0 spiro atoms. The van der Waals surface area contributed by atoms with Crippen LogP contribution in [0.2, 0.25) is 0 Å². The molecule has 3 heteroatoms. The van der Waals surface area contributed by atoms with Gasteiger partial charge in [0, 0.05) is 11.1 Å². The van der Waals surface area contributed by atoms with Gasteiger partial charge in [0.25, 0.3) is 0 Å². The van der Waals surface area contributed by atoms with Crippen LogP contribution in [0.4, 0.5) is 0 Å². The Hall–Kier alpha value is -1.79. The van der Waals surface area contributed by atoms with E-state index in [0.29, 0.717) is 5.56 Å². The molecule has 0 aliphatic heterocycles. The van der Waals surface area contributed by atoms with Gasteiger partial charge in [-0.25, -0.2) is 0 Å². The Morgan fingerprint density at radius 1 is 1.04 bits per heavy atom. The number of aryl methyl sites for hydroxylation is 2. The van der Waals surface area contributed by atoms with Gasteiger partial charge in [-0.2, -0.15) is 0 Å². The topological polar surface area (TPSA) is 34.1 Å².